The summed E-state index contributed by atoms with van der Waals surface area (Å²) >= 11 is 0. The van der Waals surface area contributed by atoms with Gasteiger partial charge in [0.1, 0.15) is 7.05 Å². The highest BCUT2D eigenvalue weighted by atomic mass is 15.2. The third kappa shape index (κ3) is 4.65. The Kier molecular flexibility index (Phi) is 6.88. The molecule has 3 aromatic rings. The molecule has 0 atom stereocenters. The zero-order valence-electron chi connectivity index (χ0n) is 26.5. The monoisotopic (exact) mass is 554 g/mol. The summed E-state index contributed by atoms with van der Waals surface area (Å²) in [5.41, 5.74) is 15.7. The summed E-state index contributed by atoms with van der Waals surface area (Å²) in [7, 11) is 4.40. The average Bonchev–Trinajstić information content (AvgIpc) is 3.48. The highest BCUT2D eigenvalue weighted by molar-refractivity contribution is 6.03. The number of hydrogen-bond acceptors (Lipinski definition) is 2. The minimum absolute atomic E-state index is 0.0477. The molecule has 3 aliphatic rings. The van der Waals surface area contributed by atoms with Gasteiger partial charge in [-0.1, -0.05) is 73.5 Å². The standard InChI is InChI=1S/C39H43N3/c1-26-14-20-33-31(24-26)38(3,4)35(41(33)7)22-18-28-16-17-29(37(28)40-30-12-10-9-11-13-30)19-23-36-39(5,6)32-25-27(2)15-21-34(32)42(36)8/h9-15,18-25H,16-17H2,1-8H3/p+1. The van der Waals surface area contributed by atoms with Crippen molar-refractivity contribution in [3.8, 4) is 0 Å². The highest BCUT2D eigenvalue weighted by Crippen LogP contribution is 2.47. The van der Waals surface area contributed by atoms with Gasteiger partial charge in [0.15, 0.2) is 5.71 Å². The predicted molar refractivity (Wildman–Crippen MR) is 179 cm³/mol. The summed E-state index contributed by atoms with van der Waals surface area (Å²) in [6, 6.07) is 24.2. The van der Waals surface area contributed by atoms with E-state index in [0.29, 0.717) is 0 Å². The molecular weight excluding hydrogens is 510 g/mol. The van der Waals surface area contributed by atoms with Crippen LogP contribution in [0, 0.1) is 13.8 Å². The minimum Gasteiger partial charge on any atom is -0.355 e. The largest absolute Gasteiger partial charge is 0.355 e. The Balaban J connectivity index is 1.38. The van der Waals surface area contributed by atoms with Gasteiger partial charge in [0, 0.05) is 52.9 Å². The van der Waals surface area contributed by atoms with Crippen molar-refractivity contribution in [1.29, 1.82) is 0 Å². The predicted octanol–water partition coefficient (Wildman–Crippen LogP) is 9.26. The number of rotatable bonds is 5. The molecule has 0 bridgehead atoms. The molecule has 0 aromatic heterocycles. The van der Waals surface area contributed by atoms with Crippen LogP contribution in [0.25, 0.3) is 0 Å². The number of fused-ring (bicyclic) bond motifs is 2. The van der Waals surface area contributed by atoms with Crippen molar-refractivity contribution in [2.75, 3.05) is 24.3 Å². The Labute approximate surface area is 252 Å². The van der Waals surface area contributed by atoms with E-state index in [2.05, 4.69) is 161 Å². The van der Waals surface area contributed by atoms with Gasteiger partial charge in [-0.3, -0.25) is 0 Å². The Bertz CT molecular complexity index is 1720. The maximum Gasteiger partial charge on any atom is 0.209 e. The van der Waals surface area contributed by atoms with E-state index >= 15 is 0 Å². The summed E-state index contributed by atoms with van der Waals surface area (Å²) in [6.07, 6.45) is 11.5. The van der Waals surface area contributed by atoms with E-state index in [-0.39, 0.29) is 10.8 Å². The van der Waals surface area contributed by atoms with Crippen molar-refractivity contribution in [3.63, 3.8) is 0 Å². The first-order valence-electron chi connectivity index (χ1n) is 15.2. The van der Waals surface area contributed by atoms with E-state index in [1.165, 1.54) is 61.9 Å². The van der Waals surface area contributed by atoms with Crippen LogP contribution in [0.2, 0.25) is 0 Å². The van der Waals surface area contributed by atoms with Crippen molar-refractivity contribution in [2.45, 2.75) is 65.2 Å². The van der Waals surface area contributed by atoms with Gasteiger partial charge in [0.05, 0.1) is 5.41 Å². The number of para-hydroxylation sites is 1. The van der Waals surface area contributed by atoms with E-state index < -0.39 is 0 Å². The minimum atomic E-state index is -0.0477. The van der Waals surface area contributed by atoms with E-state index in [1.54, 1.807) is 0 Å². The quantitative estimate of drug-likeness (QED) is 0.317. The molecule has 0 unspecified atom stereocenters. The lowest BCUT2D eigenvalue weighted by atomic mass is 9.80. The fraction of sp³-hybridized carbons (Fsp3) is 0.308. The molecule has 1 N–H and O–H groups in total. The molecule has 0 amide bonds. The molecule has 2 heterocycles. The molecular formula is C39H44N3+. The molecule has 0 saturated carbocycles. The second kappa shape index (κ2) is 10.3. The molecule has 42 heavy (non-hydrogen) atoms. The van der Waals surface area contributed by atoms with Gasteiger partial charge in [-0.25, -0.2) is 0 Å². The maximum absolute atomic E-state index is 3.80. The van der Waals surface area contributed by atoms with E-state index in [4.69, 9.17) is 0 Å². The maximum atomic E-state index is 3.80. The molecule has 3 heteroatoms. The molecule has 0 radical (unpaired) electrons. The summed E-state index contributed by atoms with van der Waals surface area (Å²) in [6.45, 7) is 13.7. The Morgan fingerprint density at radius 1 is 0.786 bits per heavy atom. The van der Waals surface area contributed by atoms with Gasteiger partial charge in [0.25, 0.3) is 0 Å². The van der Waals surface area contributed by atoms with E-state index in [0.717, 1.165) is 18.5 Å². The van der Waals surface area contributed by atoms with Crippen LogP contribution in [0.1, 0.15) is 62.8 Å². The summed E-state index contributed by atoms with van der Waals surface area (Å²) in [5.74, 6) is 0. The van der Waals surface area contributed by atoms with Crippen molar-refractivity contribution in [3.05, 3.63) is 136 Å². The smallest absolute Gasteiger partial charge is 0.209 e. The highest BCUT2D eigenvalue weighted by Gasteiger charge is 2.43. The summed E-state index contributed by atoms with van der Waals surface area (Å²) in [5, 5.41) is 3.80. The van der Waals surface area contributed by atoms with Gasteiger partial charge in [-0.05, 0) is 87.6 Å². The first-order valence-corrected chi connectivity index (χ1v) is 15.2. The number of hydrogen-bond donors (Lipinski definition) is 1. The molecule has 1 aliphatic carbocycles. The Morgan fingerprint density at radius 3 is 2.21 bits per heavy atom. The normalized spacial score (nSPS) is 20.8. The fourth-order valence-corrected chi connectivity index (χ4v) is 7.14. The zero-order valence-corrected chi connectivity index (χ0v) is 26.5. The van der Waals surface area contributed by atoms with Crippen molar-refractivity contribution in [1.82, 2.24) is 0 Å². The molecule has 3 aromatic carbocycles. The van der Waals surface area contributed by atoms with Gasteiger partial charge < -0.3 is 10.2 Å². The zero-order chi connectivity index (χ0) is 29.8. The lowest BCUT2D eigenvalue weighted by Crippen LogP contribution is -2.26. The van der Waals surface area contributed by atoms with E-state index in [9.17, 15) is 0 Å². The number of nitrogens with one attached hydrogen (secondary N) is 1. The second-order valence-electron chi connectivity index (χ2n) is 13.3. The molecule has 0 spiro atoms. The van der Waals surface area contributed by atoms with Crippen LogP contribution in [-0.2, 0) is 10.8 Å². The van der Waals surface area contributed by atoms with Crippen LogP contribution in [-0.4, -0.2) is 24.4 Å². The fourth-order valence-electron chi connectivity index (χ4n) is 7.14. The summed E-state index contributed by atoms with van der Waals surface area (Å²) in [4.78, 5) is 2.36. The lowest BCUT2D eigenvalue weighted by molar-refractivity contribution is -0.401. The topological polar surface area (TPSA) is 18.3 Å². The first-order chi connectivity index (χ1) is 20.0. The van der Waals surface area contributed by atoms with Gasteiger partial charge in [0.2, 0.25) is 5.69 Å². The molecule has 214 valence electrons. The molecule has 0 saturated heterocycles. The molecule has 3 nitrogen and oxygen atoms in total. The van der Waals surface area contributed by atoms with E-state index in [1.807, 2.05) is 0 Å². The van der Waals surface area contributed by atoms with Crippen molar-refractivity contribution >= 4 is 22.8 Å². The van der Waals surface area contributed by atoms with Crippen LogP contribution >= 0.6 is 0 Å². The van der Waals surface area contributed by atoms with Crippen molar-refractivity contribution in [2.24, 2.45) is 0 Å². The second-order valence-corrected chi connectivity index (χ2v) is 13.3. The van der Waals surface area contributed by atoms with Crippen LogP contribution in [0.5, 0.6) is 0 Å². The van der Waals surface area contributed by atoms with Crippen LogP contribution in [0.4, 0.5) is 17.1 Å². The van der Waals surface area contributed by atoms with Gasteiger partial charge >= 0.3 is 0 Å². The SMILES string of the molecule is Cc1ccc2c(c1)C(C)(C)C(=CC=C1CCC(C=CC3=[N+](C)c4ccc(C)cc4C3(C)C)=C1Nc1ccccc1)N2C. The lowest BCUT2D eigenvalue weighted by Gasteiger charge is -2.24. The van der Waals surface area contributed by atoms with Crippen molar-refractivity contribution < 1.29 is 4.58 Å². The number of nitrogens with zero attached hydrogens (tertiary/aromatic N) is 2. The van der Waals surface area contributed by atoms with Crippen LogP contribution < -0.4 is 10.2 Å². The number of benzene rings is 3. The van der Waals surface area contributed by atoms with Crippen LogP contribution in [0.3, 0.4) is 0 Å². The average molecular weight is 555 g/mol. The summed E-state index contributed by atoms with van der Waals surface area (Å²) < 4.78 is 2.36. The first kappa shape index (κ1) is 28.0. The number of likely N-dealkylation sites (N-methyl/N-ethyl adjacent to an activating group) is 1. The third-order valence-electron chi connectivity index (χ3n) is 9.61. The Hall–Kier alpha value is -4.11. The number of anilines is 2. The molecule has 6 rings (SSSR count). The number of allylic oxidation sites excluding steroid dienone is 7. The van der Waals surface area contributed by atoms with Gasteiger partial charge in [-0.15, -0.1) is 0 Å². The molecule has 0 fully saturated rings. The molecule has 2 aliphatic heterocycles. The van der Waals surface area contributed by atoms with Gasteiger partial charge in [-0.2, -0.15) is 4.58 Å². The third-order valence-corrected chi connectivity index (χ3v) is 9.61. The Morgan fingerprint density at radius 2 is 1.48 bits per heavy atom. The number of aryl methyl sites for hydroxylation is 2. The van der Waals surface area contributed by atoms with Crippen LogP contribution in [0.15, 0.2) is 114 Å².